The summed E-state index contributed by atoms with van der Waals surface area (Å²) in [5.74, 6) is 0.807. The molecule has 0 aliphatic heterocycles. The first-order valence-corrected chi connectivity index (χ1v) is 6.97. The van der Waals surface area contributed by atoms with Crippen molar-refractivity contribution < 1.29 is 0 Å². The molecule has 2 heterocycles. The number of nitrogen functional groups attached to an aromatic ring is 1. The van der Waals surface area contributed by atoms with Crippen molar-refractivity contribution in [2.75, 3.05) is 11.9 Å². The van der Waals surface area contributed by atoms with Gasteiger partial charge in [0.1, 0.15) is 11.7 Å². The molecule has 0 spiro atoms. The van der Waals surface area contributed by atoms with Crippen LogP contribution in [0.5, 0.6) is 0 Å². The first-order valence-electron chi connectivity index (χ1n) is 6.09. The molecule has 0 amide bonds. The number of hydrogen-bond donors (Lipinski definition) is 2. The third-order valence-electron chi connectivity index (χ3n) is 3.17. The zero-order chi connectivity index (χ0) is 14.0. The average Bonchev–Trinajstić information content (AvgIpc) is 2.90. The second-order valence-electron chi connectivity index (χ2n) is 4.54. The molecule has 0 saturated heterocycles. The van der Waals surface area contributed by atoms with Crippen LogP contribution in [-0.4, -0.2) is 17.9 Å². The summed E-state index contributed by atoms with van der Waals surface area (Å²) in [6.07, 6.45) is 0. The van der Waals surface area contributed by atoms with Crippen LogP contribution in [0.4, 0.5) is 5.82 Å². The molecule has 1 unspecified atom stereocenters. The van der Waals surface area contributed by atoms with Crippen LogP contribution in [0.25, 0.3) is 0 Å². The maximum Gasteiger partial charge on any atom is 0.140 e. The minimum absolute atomic E-state index is 0.0488. The standard InChI is InChI=1S/C14H18N4S/c1-9-6-7-11(13(15)16)14(17-9)18(3)10(2)12-5-4-8-19-12/h4-8,10H,1-3H3,(H3,15,16). The quantitative estimate of drug-likeness (QED) is 0.665. The van der Waals surface area contributed by atoms with E-state index in [1.807, 2.05) is 32.2 Å². The van der Waals surface area contributed by atoms with Gasteiger partial charge in [-0.3, -0.25) is 5.41 Å². The minimum Gasteiger partial charge on any atom is -0.384 e. The number of amidine groups is 1. The van der Waals surface area contributed by atoms with Crippen molar-refractivity contribution in [2.24, 2.45) is 5.73 Å². The first-order chi connectivity index (χ1) is 9.00. The molecule has 0 fully saturated rings. The highest BCUT2D eigenvalue weighted by molar-refractivity contribution is 7.10. The van der Waals surface area contributed by atoms with E-state index in [1.54, 1.807) is 11.3 Å². The molecule has 0 radical (unpaired) electrons. The third-order valence-corrected chi connectivity index (χ3v) is 4.22. The second kappa shape index (κ2) is 5.40. The predicted molar refractivity (Wildman–Crippen MR) is 81.1 cm³/mol. The Kier molecular flexibility index (Phi) is 3.85. The highest BCUT2D eigenvalue weighted by Gasteiger charge is 2.18. The van der Waals surface area contributed by atoms with Gasteiger partial charge in [0.15, 0.2) is 0 Å². The van der Waals surface area contributed by atoms with Gasteiger partial charge >= 0.3 is 0 Å². The number of rotatable bonds is 4. The van der Waals surface area contributed by atoms with Gasteiger partial charge in [-0.1, -0.05) is 6.07 Å². The van der Waals surface area contributed by atoms with E-state index in [4.69, 9.17) is 11.1 Å². The lowest BCUT2D eigenvalue weighted by Crippen LogP contribution is -2.26. The van der Waals surface area contributed by atoms with E-state index in [0.717, 1.165) is 11.5 Å². The van der Waals surface area contributed by atoms with Crippen LogP contribution >= 0.6 is 11.3 Å². The first kappa shape index (κ1) is 13.5. The predicted octanol–water partition coefficient (Wildman–Crippen LogP) is 2.93. The molecule has 2 aromatic rings. The van der Waals surface area contributed by atoms with Crippen molar-refractivity contribution in [1.82, 2.24) is 4.98 Å². The Hall–Kier alpha value is -1.88. The molecule has 4 nitrogen and oxygen atoms in total. The van der Waals surface area contributed by atoms with Crippen molar-refractivity contribution in [1.29, 1.82) is 5.41 Å². The van der Waals surface area contributed by atoms with E-state index in [0.29, 0.717) is 5.56 Å². The molecule has 1 atom stereocenters. The minimum atomic E-state index is 0.0488. The van der Waals surface area contributed by atoms with Gasteiger partial charge in [-0.2, -0.15) is 0 Å². The molecule has 19 heavy (non-hydrogen) atoms. The Balaban J connectivity index is 2.40. The van der Waals surface area contributed by atoms with Crippen molar-refractivity contribution in [3.8, 4) is 0 Å². The van der Waals surface area contributed by atoms with Gasteiger partial charge < -0.3 is 10.6 Å². The monoisotopic (exact) mass is 274 g/mol. The number of thiophene rings is 1. The number of nitrogens with one attached hydrogen (secondary N) is 1. The lowest BCUT2D eigenvalue weighted by molar-refractivity contribution is 0.739. The fourth-order valence-corrected chi connectivity index (χ4v) is 2.75. The van der Waals surface area contributed by atoms with Gasteiger partial charge in [-0.15, -0.1) is 11.3 Å². The largest absolute Gasteiger partial charge is 0.384 e. The van der Waals surface area contributed by atoms with E-state index in [2.05, 4.69) is 28.3 Å². The Morgan fingerprint density at radius 3 is 2.74 bits per heavy atom. The number of nitrogens with zero attached hydrogens (tertiary/aromatic N) is 2. The molecule has 3 N–H and O–H groups in total. The number of hydrogen-bond acceptors (Lipinski definition) is 4. The molecule has 5 heteroatoms. The summed E-state index contributed by atoms with van der Waals surface area (Å²) in [5.41, 5.74) is 7.24. The van der Waals surface area contributed by atoms with Gasteiger partial charge in [0, 0.05) is 17.6 Å². The van der Waals surface area contributed by atoms with Crippen LogP contribution in [0, 0.1) is 12.3 Å². The lowest BCUT2D eigenvalue weighted by Gasteiger charge is -2.27. The molecule has 0 aliphatic rings. The molecular weight excluding hydrogens is 256 g/mol. The van der Waals surface area contributed by atoms with Crippen LogP contribution < -0.4 is 10.6 Å². The van der Waals surface area contributed by atoms with Crippen molar-refractivity contribution in [3.63, 3.8) is 0 Å². The van der Waals surface area contributed by atoms with Crippen LogP contribution in [0.3, 0.4) is 0 Å². The van der Waals surface area contributed by atoms with E-state index in [9.17, 15) is 0 Å². The Bertz CT molecular complexity index is 577. The third kappa shape index (κ3) is 2.76. The topological polar surface area (TPSA) is 66.0 Å². The van der Waals surface area contributed by atoms with Crippen molar-refractivity contribution in [3.05, 3.63) is 45.8 Å². The molecule has 2 rings (SSSR count). The molecule has 0 saturated carbocycles. The Labute approximate surface area is 117 Å². The number of anilines is 1. The van der Waals surface area contributed by atoms with Crippen LogP contribution in [0.2, 0.25) is 0 Å². The fourth-order valence-electron chi connectivity index (χ4n) is 1.93. The van der Waals surface area contributed by atoms with E-state index in [-0.39, 0.29) is 11.9 Å². The molecular formula is C14H18N4S. The van der Waals surface area contributed by atoms with E-state index in [1.165, 1.54) is 4.88 Å². The highest BCUT2D eigenvalue weighted by Crippen LogP contribution is 2.29. The van der Waals surface area contributed by atoms with Gasteiger partial charge in [0.05, 0.1) is 11.6 Å². The second-order valence-corrected chi connectivity index (χ2v) is 5.52. The number of aryl methyl sites for hydroxylation is 1. The molecule has 0 bridgehead atoms. The summed E-state index contributed by atoms with van der Waals surface area (Å²) in [7, 11) is 1.98. The number of nitrogens with two attached hydrogens (primary N) is 1. The van der Waals surface area contributed by atoms with Crippen LogP contribution in [0.1, 0.15) is 29.1 Å². The highest BCUT2D eigenvalue weighted by atomic mass is 32.1. The summed E-state index contributed by atoms with van der Waals surface area (Å²) in [6.45, 7) is 4.07. The van der Waals surface area contributed by atoms with Gasteiger partial charge in [0.2, 0.25) is 0 Å². The Morgan fingerprint density at radius 2 is 2.16 bits per heavy atom. The summed E-state index contributed by atoms with van der Waals surface area (Å²) in [6, 6.07) is 8.09. The Morgan fingerprint density at radius 1 is 1.42 bits per heavy atom. The van der Waals surface area contributed by atoms with Crippen LogP contribution in [-0.2, 0) is 0 Å². The average molecular weight is 274 g/mol. The van der Waals surface area contributed by atoms with Gasteiger partial charge in [-0.05, 0) is 37.4 Å². The SMILES string of the molecule is Cc1ccc(C(=N)N)c(N(C)C(C)c2cccs2)n1. The smallest absolute Gasteiger partial charge is 0.140 e. The molecule has 0 aliphatic carbocycles. The zero-order valence-corrected chi connectivity index (χ0v) is 12.2. The van der Waals surface area contributed by atoms with E-state index < -0.39 is 0 Å². The van der Waals surface area contributed by atoms with Gasteiger partial charge in [0.25, 0.3) is 0 Å². The van der Waals surface area contributed by atoms with Crippen LogP contribution in [0.15, 0.2) is 29.6 Å². The van der Waals surface area contributed by atoms with Crippen molar-refractivity contribution in [2.45, 2.75) is 19.9 Å². The van der Waals surface area contributed by atoms with E-state index >= 15 is 0 Å². The summed E-state index contributed by atoms with van der Waals surface area (Å²) in [4.78, 5) is 7.86. The lowest BCUT2D eigenvalue weighted by atomic mass is 10.1. The number of pyridine rings is 1. The fraction of sp³-hybridized carbons (Fsp3) is 0.286. The number of aromatic nitrogens is 1. The zero-order valence-electron chi connectivity index (χ0n) is 11.3. The maximum atomic E-state index is 7.67. The summed E-state index contributed by atoms with van der Waals surface area (Å²) >= 11 is 1.72. The molecule has 0 aromatic carbocycles. The summed E-state index contributed by atoms with van der Waals surface area (Å²) in [5, 5.41) is 9.73. The molecule has 2 aromatic heterocycles. The maximum absolute atomic E-state index is 7.67. The van der Waals surface area contributed by atoms with Crippen molar-refractivity contribution >= 4 is 23.0 Å². The molecule has 100 valence electrons. The summed E-state index contributed by atoms with van der Waals surface area (Å²) < 4.78 is 0. The normalized spacial score (nSPS) is 12.2. The van der Waals surface area contributed by atoms with Gasteiger partial charge in [-0.25, -0.2) is 4.98 Å².